The Kier molecular flexibility index (Phi) is 4.91. The first-order valence-electron chi connectivity index (χ1n) is 5.45. The Hall–Kier alpha value is -1.82. The summed E-state index contributed by atoms with van der Waals surface area (Å²) in [5.41, 5.74) is 5.67. The summed E-state index contributed by atoms with van der Waals surface area (Å²) in [6, 6.07) is 3.05. The third kappa shape index (κ3) is 2.89. The molecule has 0 bridgehead atoms. The van der Waals surface area contributed by atoms with Crippen LogP contribution in [0.15, 0.2) is 18.2 Å². The van der Waals surface area contributed by atoms with E-state index in [9.17, 15) is 14.3 Å². The van der Waals surface area contributed by atoms with Crippen LogP contribution in [0.1, 0.15) is 18.5 Å². The van der Waals surface area contributed by atoms with E-state index in [0.717, 1.165) is 0 Å². The van der Waals surface area contributed by atoms with Crippen LogP contribution in [-0.2, 0) is 9.53 Å². The van der Waals surface area contributed by atoms with E-state index < -0.39 is 18.2 Å². The van der Waals surface area contributed by atoms with Crippen molar-refractivity contribution in [2.24, 2.45) is 5.73 Å². The van der Waals surface area contributed by atoms with Gasteiger partial charge in [-0.1, -0.05) is 6.07 Å². The van der Waals surface area contributed by atoms with Crippen molar-refractivity contribution in [2.45, 2.75) is 19.1 Å². The van der Waals surface area contributed by atoms with E-state index in [2.05, 4.69) is 4.74 Å². The molecular formula is C12H16FNO4. The van der Waals surface area contributed by atoms with Gasteiger partial charge in [0, 0.05) is 0 Å². The maximum Gasteiger partial charge on any atom is 0.342 e. The highest BCUT2D eigenvalue weighted by molar-refractivity contribution is 5.76. The minimum atomic E-state index is -2.06. The lowest BCUT2D eigenvalue weighted by atomic mass is 10.0. The molecule has 0 fully saturated rings. The zero-order valence-electron chi connectivity index (χ0n) is 10.2. The molecule has 0 aliphatic heterocycles. The SMILES string of the molecule is CCOC(=O)C(F)[C@@H](N)c1c(O)cccc1OC. The number of benzene rings is 1. The molecule has 2 atom stereocenters. The minimum Gasteiger partial charge on any atom is -0.507 e. The average molecular weight is 257 g/mol. The van der Waals surface area contributed by atoms with Crippen LogP contribution in [0.5, 0.6) is 11.5 Å². The van der Waals surface area contributed by atoms with E-state index in [0.29, 0.717) is 0 Å². The Morgan fingerprint density at radius 1 is 1.56 bits per heavy atom. The number of esters is 1. The Bertz CT molecular complexity index is 425. The first-order chi connectivity index (χ1) is 8.52. The molecule has 1 rings (SSSR count). The summed E-state index contributed by atoms with van der Waals surface area (Å²) in [4.78, 5) is 11.3. The molecule has 1 aromatic rings. The summed E-state index contributed by atoms with van der Waals surface area (Å²) >= 11 is 0. The Morgan fingerprint density at radius 3 is 2.78 bits per heavy atom. The van der Waals surface area contributed by atoms with E-state index in [-0.39, 0.29) is 23.7 Å². The van der Waals surface area contributed by atoms with Crippen molar-refractivity contribution in [1.82, 2.24) is 0 Å². The topological polar surface area (TPSA) is 81.8 Å². The van der Waals surface area contributed by atoms with Gasteiger partial charge in [0.1, 0.15) is 11.5 Å². The van der Waals surface area contributed by atoms with E-state index in [4.69, 9.17) is 10.5 Å². The molecule has 1 aromatic carbocycles. The van der Waals surface area contributed by atoms with Gasteiger partial charge in [-0.25, -0.2) is 9.18 Å². The van der Waals surface area contributed by atoms with Crippen molar-refractivity contribution in [1.29, 1.82) is 0 Å². The number of rotatable bonds is 5. The number of alkyl halides is 1. The quantitative estimate of drug-likeness (QED) is 0.777. The third-order valence-electron chi connectivity index (χ3n) is 2.42. The molecule has 0 amide bonds. The maximum atomic E-state index is 13.8. The smallest absolute Gasteiger partial charge is 0.342 e. The standard InChI is InChI=1S/C12H16FNO4/c1-3-18-12(16)10(13)11(14)9-7(15)5-4-6-8(9)17-2/h4-6,10-11,15H,3,14H2,1-2H3/t10?,11-/m0/s1. The number of carbonyl (C=O) groups is 1. The number of phenols is 1. The van der Waals surface area contributed by atoms with Crippen molar-refractivity contribution in [2.75, 3.05) is 13.7 Å². The molecule has 0 heterocycles. The van der Waals surface area contributed by atoms with Crippen molar-refractivity contribution in [3.05, 3.63) is 23.8 Å². The van der Waals surface area contributed by atoms with Crippen LogP contribution in [-0.4, -0.2) is 31.0 Å². The monoisotopic (exact) mass is 257 g/mol. The van der Waals surface area contributed by atoms with Crippen molar-refractivity contribution < 1.29 is 23.8 Å². The summed E-state index contributed by atoms with van der Waals surface area (Å²) in [6.07, 6.45) is -2.06. The number of carbonyl (C=O) groups excluding carboxylic acids is 1. The van der Waals surface area contributed by atoms with Crippen molar-refractivity contribution >= 4 is 5.97 Å². The van der Waals surface area contributed by atoms with Gasteiger partial charge >= 0.3 is 5.97 Å². The fourth-order valence-corrected chi connectivity index (χ4v) is 1.56. The molecule has 3 N–H and O–H groups in total. The number of phenolic OH excluding ortho intramolecular Hbond substituents is 1. The molecule has 0 aliphatic carbocycles. The molecule has 0 spiro atoms. The second-order valence-electron chi connectivity index (χ2n) is 3.57. The highest BCUT2D eigenvalue weighted by Crippen LogP contribution is 2.34. The molecule has 1 unspecified atom stereocenters. The van der Waals surface area contributed by atoms with Gasteiger partial charge in [0.25, 0.3) is 0 Å². The van der Waals surface area contributed by atoms with Crippen LogP contribution in [0.25, 0.3) is 0 Å². The molecule has 0 radical (unpaired) electrons. The number of hydrogen-bond donors (Lipinski definition) is 2. The van der Waals surface area contributed by atoms with Crippen LogP contribution in [0.2, 0.25) is 0 Å². The van der Waals surface area contributed by atoms with Gasteiger partial charge in [0.05, 0.1) is 25.3 Å². The normalized spacial score (nSPS) is 13.8. The number of nitrogens with two attached hydrogens (primary N) is 1. The first-order valence-corrected chi connectivity index (χ1v) is 5.45. The third-order valence-corrected chi connectivity index (χ3v) is 2.42. The Labute approximate surface area is 104 Å². The van der Waals surface area contributed by atoms with Gasteiger partial charge < -0.3 is 20.3 Å². The van der Waals surface area contributed by atoms with Gasteiger partial charge in [-0.15, -0.1) is 0 Å². The lowest BCUT2D eigenvalue weighted by Crippen LogP contribution is -2.31. The fourth-order valence-electron chi connectivity index (χ4n) is 1.56. The van der Waals surface area contributed by atoms with Gasteiger partial charge in [0.15, 0.2) is 0 Å². The highest BCUT2D eigenvalue weighted by atomic mass is 19.1. The number of hydrogen-bond acceptors (Lipinski definition) is 5. The van der Waals surface area contributed by atoms with Gasteiger partial charge in [-0.2, -0.15) is 0 Å². The maximum absolute atomic E-state index is 13.8. The molecule has 18 heavy (non-hydrogen) atoms. The molecule has 6 heteroatoms. The summed E-state index contributed by atoms with van der Waals surface area (Å²) in [5.74, 6) is -1.07. The predicted molar refractivity (Wildman–Crippen MR) is 63.1 cm³/mol. The molecule has 0 saturated carbocycles. The van der Waals surface area contributed by atoms with E-state index in [1.165, 1.54) is 25.3 Å². The van der Waals surface area contributed by atoms with Crippen molar-refractivity contribution in [3.8, 4) is 11.5 Å². The lowest BCUT2D eigenvalue weighted by molar-refractivity contribution is -0.149. The fraction of sp³-hybridized carbons (Fsp3) is 0.417. The van der Waals surface area contributed by atoms with Gasteiger partial charge in [-0.3, -0.25) is 0 Å². The minimum absolute atomic E-state index is 0.0422. The van der Waals surface area contributed by atoms with E-state index in [1.807, 2.05) is 0 Å². The predicted octanol–water partition coefficient (Wildman–Crippen LogP) is 1.30. The molecule has 0 aliphatic rings. The molecule has 0 saturated heterocycles. The van der Waals surface area contributed by atoms with Crippen LogP contribution in [0.3, 0.4) is 0 Å². The average Bonchev–Trinajstić information content (AvgIpc) is 2.36. The van der Waals surface area contributed by atoms with Gasteiger partial charge in [0.2, 0.25) is 6.17 Å². The lowest BCUT2D eigenvalue weighted by Gasteiger charge is -2.19. The van der Waals surface area contributed by atoms with Crippen molar-refractivity contribution in [3.63, 3.8) is 0 Å². The molecule has 100 valence electrons. The second-order valence-corrected chi connectivity index (χ2v) is 3.57. The van der Waals surface area contributed by atoms with Crippen LogP contribution < -0.4 is 10.5 Å². The van der Waals surface area contributed by atoms with Crippen LogP contribution in [0, 0.1) is 0 Å². The Morgan fingerprint density at radius 2 is 2.22 bits per heavy atom. The first kappa shape index (κ1) is 14.2. The highest BCUT2D eigenvalue weighted by Gasteiger charge is 2.31. The van der Waals surface area contributed by atoms with E-state index in [1.54, 1.807) is 6.92 Å². The number of ether oxygens (including phenoxy) is 2. The summed E-state index contributed by atoms with van der Waals surface area (Å²) in [7, 11) is 1.36. The summed E-state index contributed by atoms with van der Waals surface area (Å²) in [6.45, 7) is 1.63. The largest absolute Gasteiger partial charge is 0.507 e. The summed E-state index contributed by atoms with van der Waals surface area (Å²) < 4.78 is 23.3. The van der Waals surface area contributed by atoms with Gasteiger partial charge in [-0.05, 0) is 19.1 Å². The molecule has 5 nitrogen and oxygen atoms in total. The van der Waals surface area contributed by atoms with Crippen LogP contribution >= 0.6 is 0 Å². The summed E-state index contributed by atoms with van der Waals surface area (Å²) in [5, 5.41) is 9.67. The Balaban J connectivity index is 3.02. The number of methoxy groups -OCH3 is 1. The number of halogens is 1. The van der Waals surface area contributed by atoms with E-state index >= 15 is 0 Å². The second kappa shape index (κ2) is 6.20. The zero-order valence-corrected chi connectivity index (χ0v) is 10.2. The van der Waals surface area contributed by atoms with Crippen LogP contribution in [0.4, 0.5) is 4.39 Å². The molecule has 0 aromatic heterocycles. The molecular weight excluding hydrogens is 241 g/mol. The number of aromatic hydroxyl groups is 1. The zero-order chi connectivity index (χ0) is 13.7.